The Morgan fingerprint density at radius 3 is 1.52 bits per heavy atom. The molecule has 0 saturated carbocycles. The van der Waals surface area contributed by atoms with Gasteiger partial charge in [0.25, 0.3) is 0 Å². The number of unbranched alkanes of at least 4 members (excludes halogenated alkanes) is 13. The van der Waals surface area contributed by atoms with Gasteiger partial charge < -0.3 is 5.11 Å². The third-order valence-corrected chi connectivity index (χ3v) is 5.30. The van der Waals surface area contributed by atoms with Gasteiger partial charge in [-0.3, -0.25) is 0 Å². The summed E-state index contributed by atoms with van der Waals surface area (Å²) >= 11 is 0. The fourth-order valence-corrected chi connectivity index (χ4v) is 3.47. The molecule has 0 fully saturated rings. The SMILES string of the molecule is CCCCCCCC/C=C\CCCC(C)(O)CCCCCCCCC. The zero-order valence-electron chi connectivity index (χ0n) is 17.8. The first kappa shape index (κ1) is 24.7. The van der Waals surface area contributed by atoms with E-state index in [0.29, 0.717) is 0 Å². The van der Waals surface area contributed by atoms with Crippen molar-refractivity contribution in [1.29, 1.82) is 0 Å². The summed E-state index contributed by atoms with van der Waals surface area (Å²) in [4.78, 5) is 0. The van der Waals surface area contributed by atoms with Gasteiger partial charge in [0.2, 0.25) is 0 Å². The molecular weight excluding hydrogens is 304 g/mol. The molecule has 0 aliphatic carbocycles. The van der Waals surface area contributed by atoms with Crippen LogP contribution in [0.15, 0.2) is 12.2 Å². The average molecular weight is 353 g/mol. The number of hydrogen-bond donors (Lipinski definition) is 1. The summed E-state index contributed by atoms with van der Waals surface area (Å²) in [6.45, 7) is 6.57. The lowest BCUT2D eigenvalue weighted by Crippen LogP contribution is -2.23. The molecule has 0 aromatic rings. The van der Waals surface area contributed by atoms with Gasteiger partial charge in [0.15, 0.2) is 0 Å². The van der Waals surface area contributed by atoms with E-state index in [1.54, 1.807) is 0 Å². The van der Waals surface area contributed by atoms with E-state index in [1.807, 2.05) is 6.92 Å². The lowest BCUT2D eigenvalue weighted by molar-refractivity contribution is 0.0375. The lowest BCUT2D eigenvalue weighted by atomic mass is 9.92. The van der Waals surface area contributed by atoms with Crippen LogP contribution in [0, 0.1) is 0 Å². The summed E-state index contributed by atoms with van der Waals surface area (Å²) < 4.78 is 0. The zero-order valence-corrected chi connectivity index (χ0v) is 17.8. The molecule has 0 aromatic carbocycles. The lowest BCUT2D eigenvalue weighted by Gasteiger charge is -2.23. The van der Waals surface area contributed by atoms with Crippen molar-refractivity contribution in [1.82, 2.24) is 0 Å². The van der Waals surface area contributed by atoms with Gasteiger partial charge in [-0.1, -0.05) is 103 Å². The Kier molecular flexibility index (Phi) is 18.3. The minimum absolute atomic E-state index is 0.448. The van der Waals surface area contributed by atoms with Gasteiger partial charge in [0.05, 0.1) is 5.60 Å². The summed E-state index contributed by atoms with van der Waals surface area (Å²) in [7, 11) is 0. The summed E-state index contributed by atoms with van der Waals surface area (Å²) in [5.41, 5.74) is -0.448. The molecule has 0 heterocycles. The van der Waals surface area contributed by atoms with Gasteiger partial charge in [0, 0.05) is 0 Å². The molecule has 0 aromatic heterocycles. The summed E-state index contributed by atoms with van der Waals surface area (Å²) in [5.74, 6) is 0. The van der Waals surface area contributed by atoms with E-state index in [-0.39, 0.29) is 0 Å². The van der Waals surface area contributed by atoms with E-state index in [9.17, 15) is 5.11 Å². The molecule has 1 atom stereocenters. The van der Waals surface area contributed by atoms with E-state index in [1.165, 1.54) is 89.9 Å². The highest BCUT2D eigenvalue weighted by Gasteiger charge is 2.18. The largest absolute Gasteiger partial charge is 0.390 e. The van der Waals surface area contributed by atoms with E-state index >= 15 is 0 Å². The second-order valence-corrected chi connectivity index (χ2v) is 8.29. The highest BCUT2D eigenvalue weighted by atomic mass is 16.3. The normalized spacial score (nSPS) is 14.2. The maximum Gasteiger partial charge on any atom is 0.0619 e. The smallest absolute Gasteiger partial charge is 0.0619 e. The van der Waals surface area contributed by atoms with Gasteiger partial charge in [-0.15, -0.1) is 0 Å². The number of rotatable bonds is 19. The molecule has 0 aliphatic rings. The second kappa shape index (κ2) is 18.5. The molecule has 0 amide bonds. The molecule has 1 N–H and O–H groups in total. The first-order chi connectivity index (χ1) is 12.1. The number of hydrogen-bond acceptors (Lipinski definition) is 1. The molecule has 150 valence electrons. The zero-order chi connectivity index (χ0) is 18.6. The Bertz CT molecular complexity index is 280. The molecule has 25 heavy (non-hydrogen) atoms. The van der Waals surface area contributed by atoms with Gasteiger partial charge in [0.1, 0.15) is 0 Å². The average Bonchev–Trinajstić information content (AvgIpc) is 2.59. The van der Waals surface area contributed by atoms with Crippen LogP contribution in [0.25, 0.3) is 0 Å². The van der Waals surface area contributed by atoms with Gasteiger partial charge >= 0.3 is 0 Å². The van der Waals surface area contributed by atoms with Crippen LogP contribution in [0.5, 0.6) is 0 Å². The molecule has 0 radical (unpaired) electrons. The minimum Gasteiger partial charge on any atom is -0.390 e. The van der Waals surface area contributed by atoms with Crippen LogP contribution in [0.1, 0.15) is 136 Å². The van der Waals surface area contributed by atoms with Crippen LogP contribution in [0.2, 0.25) is 0 Å². The molecular formula is C24H48O. The van der Waals surface area contributed by atoms with Crippen LogP contribution in [0.4, 0.5) is 0 Å². The fraction of sp³-hybridized carbons (Fsp3) is 0.917. The van der Waals surface area contributed by atoms with Gasteiger partial charge in [-0.25, -0.2) is 0 Å². The third-order valence-electron chi connectivity index (χ3n) is 5.30. The van der Waals surface area contributed by atoms with Crippen LogP contribution >= 0.6 is 0 Å². The molecule has 1 heteroatoms. The summed E-state index contributed by atoms with van der Waals surface area (Å²) in [6, 6.07) is 0. The Balaban J connectivity index is 3.41. The minimum atomic E-state index is -0.448. The van der Waals surface area contributed by atoms with Crippen molar-refractivity contribution >= 4 is 0 Å². The second-order valence-electron chi connectivity index (χ2n) is 8.29. The van der Waals surface area contributed by atoms with E-state index in [4.69, 9.17) is 0 Å². The molecule has 0 saturated heterocycles. The standard InChI is InChI=1S/C24H48O/c1-4-6-8-10-12-13-14-15-17-19-21-23-24(3,25)22-20-18-16-11-9-7-5-2/h15,17,25H,4-14,16,18-23H2,1-3H3/b17-15-. The predicted octanol–water partition coefficient (Wildman–Crippen LogP) is 8.36. The predicted molar refractivity (Wildman–Crippen MR) is 114 cm³/mol. The van der Waals surface area contributed by atoms with Crippen molar-refractivity contribution in [3.63, 3.8) is 0 Å². The molecule has 0 aliphatic heterocycles. The summed E-state index contributed by atoms with van der Waals surface area (Å²) in [6.07, 6.45) is 27.7. The van der Waals surface area contributed by atoms with E-state index in [2.05, 4.69) is 26.0 Å². The van der Waals surface area contributed by atoms with Crippen molar-refractivity contribution < 1.29 is 5.11 Å². The summed E-state index contributed by atoms with van der Waals surface area (Å²) in [5, 5.41) is 10.5. The topological polar surface area (TPSA) is 20.2 Å². The maximum atomic E-state index is 10.5. The van der Waals surface area contributed by atoms with Crippen molar-refractivity contribution in [3.8, 4) is 0 Å². The Morgan fingerprint density at radius 1 is 0.560 bits per heavy atom. The molecule has 1 unspecified atom stereocenters. The monoisotopic (exact) mass is 352 g/mol. The number of aliphatic hydroxyl groups is 1. The van der Waals surface area contributed by atoms with Crippen LogP contribution in [0.3, 0.4) is 0 Å². The van der Waals surface area contributed by atoms with Crippen LogP contribution in [-0.2, 0) is 0 Å². The third kappa shape index (κ3) is 19.9. The Labute approximate surface area is 159 Å². The van der Waals surface area contributed by atoms with Crippen molar-refractivity contribution in [2.75, 3.05) is 0 Å². The van der Waals surface area contributed by atoms with Gasteiger partial charge in [-0.05, 0) is 45.4 Å². The number of allylic oxidation sites excluding steroid dienone is 2. The first-order valence-electron chi connectivity index (χ1n) is 11.5. The van der Waals surface area contributed by atoms with E-state index < -0.39 is 5.60 Å². The van der Waals surface area contributed by atoms with Gasteiger partial charge in [-0.2, -0.15) is 0 Å². The Hall–Kier alpha value is -0.300. The molecule has 0 rings (SSSR count). The quantitative estimate of drug-likeness (QED) is 0.183. The van der Waals surface area contributed by atoms with Crippen molar-refractivity contribution in [3.05, 3.63) is 12.2 Å². The van der Waals surface area contributed by atoms with Crippen LogP contribution < -0.4 is 0 Å². The maximum absolute atomic E-state index is 10.5. The molecule has 0 spiro atoms. The molecule has 0 bridgehead atoms. The Morgan fingerprint density at radius 2 is 0.960 bits per heavy atom. The van der Waals surface area contributed by atoms with Crippen molar-refractivity contribution in [2.24, 2.45) is 0 Å². The highest BCUT2D eigenvalue weighted by Crippen LogP contribution is 2.22. The van der Waals surface area contributed by atoms with Crippen molar-refractivity contribution in [2.45, 2.75) is 142 Å². The molecule has 1 nitrogen and oxygen atoms in total. The highest BCUT2D eigenvalue weighted by molar-refractivity contribution is 4.83. The van der Waals surface area contributed by atoms with E-state index in [0.717, 1.165) is 25.7 Å². The fourth-order valence-electron chi connectivity index (χ4n) is 3.47. The van der Waals surface area contributed by atoms with Crippen LogP contribution in [-0.4, -0.2) is 10.7 Å². The first-order valence-corrected chi connectivity index (χ1v) is 11.5.